The van der Waals surface area contributed by atoms with Crippen LogP contribution in [-0.2, 0) is 27.8 Å². The predicted octanol–water partition coefficient (Wildman–Crippen LogP) is 2.90. The van der Waals surface area contributed by atoms with Crippen LogP contribution in [0.5, 0.6) is 0 Å². The topological polar surface area (TPSA) is 54.4 Å². The van der Waals surface area contributed by atoms with Crippen molar-refractivity contribution >= 4 is 16.8 Å². The lowest BCUT2D eigenvalue weighted by molar-refractivity contribution is -0.136. The average molecular weight is 310 g/mol. The Hall–Kier alpha value is -2.08. The smallest absolute Gasteiger partial charge is 0.307 e. The van der Waals surface area contributed by atoms with Crippen LogP contribution in [0.2, 0.25) is 0 Å². The Morgan fingerprint density at radius 2 is 1.62 bits per heavy atom. The van der Waals surface area contributed by atoms with E-state index in [4.69, 9.17) is 5.11 Å². The van der Waals surface area contributed by atoms with Crippen LogP contribution < -0.4 is 0 Å². The summed E-state index contributed by atoms with van der Waals surface area (Å²) in [5.74, 6) is -2.78. The third-order valence-electron chi connectivity index (χ3n) is 2.83. The third-order valence-corrected chi connectivity index (χ3v) is 4.21. The Morgan fingerprint density at radius 3 is 2.19 bits per heavy atom. The largest absolute Gasteiger partial charge is 0.481 e. The van der Waals surface area contributed by atoms with E-state index in [1.165, 1.54) is 6.07 Å². The fraction of sp³-hybridized carbons (Fsp3) is 0.133. The zero-order chi connectivity index (χ0) is 15.4. The number of carbonyl (C=O) groups is 1. The van der Waals surface area contributed by atoms with Crippen LogP contribution in [0.4, 0.5) is 8.78 Å². The van der Waals surface area contributed by atoms with Crippen molar-refractivity contribution in [3.8, 4) is 0 Å². The Balaban J connectivity index is 2.08. The highest BCUT2D eigenvalue weighted by atomic mass is 32.2. The summed E-state index contributed by atoms with van der Waals surface area (Å²) in [5, 5.41) is 8.66. The van der Waals surface area contributed by atoms with Crippen LogP contribution >= 0.6 is 0 Å². The molecule has 0 saturated heterocycles. The van der Waals surface area contributed by atoms with Gasteiger partial charge in [0.1, 0.15) is 0 Å². The Morgan fingerprint density at radius 1 is 1.00 bits per heavy atom. The zero-order valence-electron chi connectivity index (χ0n) is 10.9. The van der Waals surface area contributed by atoms with Gasteiger partial charge in [-0.3, -0.25) is 9.00 Å². The molecule has 1 atom stereocenters. The summed E-state index contributed by atoms with van der Waals surface area (Å²) in [6.07, 6.45) is -0.0768. The van der Waals surface area contributed by atoms with Crippen LogP contribution in [0.3, 0.4) is 0 Å². The van der Waals surface area contributed by atoms with Gasteiger partial charge in [0.05, 0.1) is 23.0 Å². The van der Waals surface area contributed by atoms with E-state index in [0.717, 1.165) is 17.7 Å². The van der Waals surface area contributed by atoms with E-state index in [1.807, 2.05) is 0 Å². The zero-order valence-corrected chi connectivity index (χ0v) is 11.7. The predicted molar refractivity (Wildman–Crippen MR) is 74.3 cm³/mol. The molecule has 0 spiro atoms. The molecule has 0 aromatic heterocycles. The Labute approximate surface area is 122 Å². The standard InChI is InChI=1S/C15H12F2O3S/c16-13-6-5-12(8-14(13)17)21(20)9-11-3-1-10(2-4-11)7-15(18)19/h1-6,8H,7,9H2,(H,18,19). The maximum Gasteiger partial charge on any atom is 0.307 e. The van der Waals surface area contributed by atoms with Crippen molar-refractivity contribution in [2.45, 2.75) is 17.1 Å². The fourth-order valence-corrected chi connectivity index (χ4v) is 2.90. The molecule has 0 heterocycles. The second kappa shape index (κ2) is 6.58. The number of carboxylic acid groups (broad SMARTS) is 1. The minimum absolute atomic E-state index is 0.0768. The summed E-state index contributed by atoms with van der Waals surface area (Å²) in [7, 11) is -1.49. The fourth-order valence-electron chi connectivity index (χ4n) is 1.78. The molecule has 0 aliphatic rings. The maximum absolute atomic E-state index is 13.1. The van der Waals surface area contributed by atoms with Crippen molar-refractivity contribution in [1.82, 2.24) is 0 Å². The lowest BCUT2D eigenvalue weighted by Crippen LogP contribution is -2.01. The van der Waals surface area contributed by atoms with E-state index >= 15 is 0 Å². The molecule has 0 aliphatic heterocycles. The number of carboxylic acids is 1. The highest BCUT2D eigenvalue weighted by Crippen LogP contribution is 2.16. The summed E-state index contributed by atoms with van der Waals surface area (Å²) < 4.78 is 38.0. The van der Waals surface area contributed by atoms with Gasteiger partial charge in [-0.25, -0.2) is 8.78 Å². The van der Waals surface area contributed by atoms with Crippen LogP contribution in [0, 0.1) is 11.6 Å². The molecule has 6 heteroatoms. The quantitative estimate of drug-likeness (QED) is 0.924. The summed E-state index contributed by atoms with van der Waals surface area (Å²) >= 11 is 0. The van der Waals surface area contributed by atoms with Gasteiger partial charge in [0.2, 0.25) is 0 Å². The molecule has 3 nitrogen and oxygen atoms in total. The van der Waals surface area contributed by atoms with E-state index in [9.17, 15) is 17.8 Å². The van der Waals surface area contributed by atoms with Gasteiger partial charge in [0, 0.05) is 4.90 Å². The van der Waals surface area contributed by atoms with Gasteiger partial charge >= 0.3 is 5.97 Å². The lowest BCUT2D eigenvalue weighted by atomic mass is 10.1. The van der Waals surface area contributed by atoms with E-state index in [-0.39, 0.29) is 17.1 Å². The number of benzene rings is 2. The minimum Gasteiger partial charge on any atom is -0.481 e. The second-order valence-corrected chi connectivity index (χ2v) is 5.90. The molecular weight excluding hydrogens is 298 g/mol. The van der Waals surface area contributed by atoms with Gasteiger partial charge in [-0.1, -0.05) is 24.3 Å². The summed E-state index contributed by atoms with van der Waals surface area (Å²) in [6.45, 7) is 0. The van der Waals surface area contributed by atoms with Crippen molar-refractivity contribution in [3.63, 3.8) is 0 Å². The van der Waals surface area contributed by atoms with Gasteiger partial charge in [-0.2, -0.15) is 0 Å². The molecule has 1 unspecified atom stereocenters. The van der Waals surface area contributed by atoms with Crippen molar-refractivity contribution in [3.05, 3.63) is 65.2 Å². The number of hydrogen-bond donors (Lipinski definition) is 1. The molecule has 0 aliphatic carbocycles. The first kappa shape index (κ1) is 15.3. The number of rotatable bonds is 5. The van der Waals surface area contributed by atoms with Crippen LogP contribution in [0.15, 0.2) is 47.4 Å². The van der Waals surface area contributed by atoms with Gasteiger partial charge < -0.3 is 5.11 Å². The second-order valence-electron chi connectivity index (χ2n) is 4.45. The molecule has 0 amide bonds. The van der Waals surface area contributed by atoms with Crippen LogP contribution in [0.25, 0.3) is 0 Å². The monoisotopic (exact) mass is 310 g/mol. The molecule has 0 bridgehead atoms. The van der Waals surface area contributed by atoms with E-state index in [1.54, 1.807) is 24.3 Å². The van der Waals surface area contributed by atoms with E-state index in [0.29, 0.717) is 5.56 Å². The summed E-state index contributed by atoms with van der Waals surface area (Å²) in [6, 6.07) is 9.79. The molecule has 2 rings (SSSR count). The highest BCUT2D eigenvalue weighted by Gasteiger charge is 2.09. The molecule has 0 saturated carbocycles. The number of hydrogen-bond acceptors (Lipinski definition) is 2. The molecule has 2 aromatic carbocycles. The Bertz CT molecular complexity index is 684. The first-order chi connectivity index (χ1) is 9.95. The van der Waals surface area contributed by atoms with Gasteiger partial charge in [0.15, 0.2) is 11.6 Å². The number of halogens is 2. The van der Waals surface area contributed by atoms with Gasteiger partial charge in [0.25, 0.3) is 0 Å². The highest BCUT2D eigenvalue weighted by molar-refractivity contribution is 7.84. The van der Waals surface area contributed by atoms with Crippen molar-refractivity contribution in [2.24, 2.45) is 0 Å². The van der Waals surface area contributed by atoms with Crippen molar-refractivity contribution in [2.75, 3.05) is 0 Å². The van der Waals surface area contributed by atoms with Crippen LogP contribution in [-0.4, -0.2) is 15.3 Å². The van der Waals surface area contributed by atoms with Crippen LogP contribution in [0.1, 0.15) is 11.1 Å². The molecule has 21 heavy (non-hydrogen) atoms. The molecule has 0 fully saturated rings. The van der Waals surface area contributed by atoms with Crippen molar-refractivity contribution in [1.29, 1.82) is 0 Å². The van der Waals surface area contributed by atoms with E-state index < -0.39 is 28.4 Å². The molecule has 0 radical (unpaired) electrons. The molecular formula is C15H12F2O3S. The minimum atomic E-state index is -1.49. The Kier molecular flexibility index (Phi) is 4.80. The van der Waals surface area contributed by atoms with Gasteiger partial charge in [-0.15, -0.1) is 0 Å². The normalized spacial score (nSPS) is 12.1. The first-order valence-corrected chi connectivity index (χ1v) is 7.40. The van der Waals surface area contributed by atoms with Gasteiger partial charge in [-0.05, 0) is 29.3 Å². The SMILES string of the molecule is O=C(O)Cc1ccc(CS(=O)c2ccc(F)c(F)c2)cc1. The number of aliphatic carboxylic acids is 1. The van der Waals surface area contributed by atoms with E-state index in [2.05, 4.69) is 0 Å². The maximum atomic E-state index is 13.1. The summed E-state index contributed by atoms with van der Waals surface area (Å²) in [5.41, 5.74) is 1.37. The third kappa shape index (κ3) is 4.19. The van der Waals surface area contributed by atoms with Crippen molar-refractivity contribution < 1.29 is 22.9 Å². The first-order valence-electron chi connectivity index (χ1n) is 6.09. The molecule has 2 aromatic rings. The molecule has 1 N–H and O–H groups in total. The summed E-state index contributed by atoms with van der Waals surface area (Å²) in [4.78, 5) is 10.8. The molecule has 110 valence electrons. The average Bonchev–Trinajstić information content (AvgIpc) is 2.43. The lowest BCUT2D eigenvalue weighted by Gasteiger charge is -2.04.